The normalized spacial score (nSPS) is 10.1. The molecule has 0 aromatic carbocycles. The Morgan fingerprint density at radius 3 is 1.56 bits per heavy atom. The van der Waals surface area contributed by atoms with Crippen LogP contribution in [0.4, 0.5) is 4.79 Å². The van der Waals surface area contributed by atoms with E-state index in [4.69, 9.17) is 11.5 Å². The van der Waals surface area contributed by atoms with Crippen molar-refractivity contribution in [3.05, 3.63) is 0 Å². The number of amides is 2. The molecule has 0 bridgehead atoms. The fourth-order valence-corrected chi connectivity index (χ4v) is 1.36. The number of hydrogen-bond acceptors (Lipinski definition) is 3. The molecule has 0 rings (SSSR count). The Labute approximate surface area is 98.3 Å². The van der Waals surface area contributed by atoms with Gasteiger partial charge in [0.1, 0.15) is 0 Å². The Morgan fingerprint density at radius 1 is 0.750 bits per heavy atom. The zero-order chi connectivity index (χ0) is 12.1. The Hall–Kier alpha value is -0.810. The molecule has 0 fully saturated rings. The molecule has 0 radical (unpaired) electrons. The summed E-state index contributed by atoms with van der Waals surface area (Å²) in [7, 11) is 0. The van der Waals surface area contributed by atoms with Gasteiger partial charge in [0, 0.05) is 13.1 Å². The average molecular weight is 230 g/mol. The minimum Gasteiger partial charge on any atom is -0.338 e. The van der Waals surface area contributed by atoms with Gasteiger partial charge >= 0.3 is 6.03 Å². The third-order valence-electron chi connectivity index (χ3n) is 2.33. The minimum atomic E-state index is -0.0690. The fraction of sp³-hybridized carbons (Fsp3) is 0.909. The van der Waals surface area contributed by atoms with Crippen molar-refractivity contribution in [1.29, 1.82) is 0 Å². The lowest BCUT2D eigenvalue weighted by Crippen LogP contribution is -2.36. The highest BCUT2D eigenvalue weighted by Gasteiger charge is 1.97. The smallest absolute Gasteiger partial charge is 0.314 e. The first-order valence-corrected chi connectivity index (χ1v) is 6.23. The number of urea groups is 1. The van der Waals surface area contributed by atoms with Crippen LogP contribution in [0.1, 0.15) is 38.5 Å². The Kier molecular flexibility index (Phi) is 11.6. The molecular weight excluding hydrogens is 204 g/mol. The highest BCUT2D eigenvalue weighted by molar-refractivity contribution is 5.73. The molecule has 2 amide bonds. The summed E-state index contributed by atoms with van der Waals surface area (Å²) in [6.45, 7) is 2.92. The Bertz CT molecular complexity index is 148. The first kappa shape index (κ1) is 15.2. The summed E-state index contributed by atoms with van der Waals surface area (Å²) < 4.78 is 0. The summed E-state index contributed by atoms with van der Waals surface area (Å²) in [6, 6.07) is -0.0690. The lowest BCUT2D eigenvalue weighted by Gasteiger charge is -2.07. The van der Waals surface area contributed by atoms with Gasteiger partial charge in [-0.25, -0.2) is 4.79 Å². The standard InChI is InChI=1S/C11H26N4O/c12-7-3-1-5-9-14-11(16)15-10-6-2-4-8-13/h1-10,12-13H2,(H2,14,15,16). The molecule has 0 aliphatic rings. The highest BCUT2D eigenvalue weighted by Crippen LogP contribution is 1.92. The third kappa shape index (κ3) is 11.3. The fourth-order valence-electron chi connectivity index (χ4n) is 1.36. The SMILES string of the molecule is NCCCCCNC(=O)NCCCCCN. The first-order valence-electron chi connectivity index (χ1n) is 6.23. The predicted molar refractivity (Wildman–Crippen MR) is 67.2 cm³/mol. The van der Waals surface area contributed by atoms with E-state index in [1.165, 1.54) is 0 Å². The molecule has 0 saturated carbocycles. The molecule has 0 aliphatic carbocycles. The molecule has 0 unspecified atom stereocenters. The van der Waals surface area contributed by atoms with Crippen molar-refractivity contribution >= 4 is 6.03 Å². The minimum absolute atomic E-state index is 0.0690. The summed E-state index contributed by atoms with van der Waals surface area (Å²) in [5, 5.41) is 5.63. The summed E-state index contributed by atoms with van der Waals surface area (Å²) in [4.78, 5) is 11.2. The number of rotatable bonds is 10. The van der Waals surface area contributed by atoms with Crippen LogP contribution >= 0.6 is 0 Å². The van der Waals surface area contributed by atoms with E-state index in [1.54, 1.807) is 0 Å². The van der Waals surface area contributed by atoms with Gasteiger partial charge in [-0.1, -0.05) is 12.8 Å². The van der Waals surface area contributed by atoms with E-state index < -0.39 is 0 Å². The molecule has 5 heteroatoms. The van der Waals surface area contributed by atoms with Crippen LogP contribution in [-0.2, 0) is 0 Å². The highest BCUT2D eigenvalue weighted by atomic mass is 16.2. The molecule has 0 aromatic rings. The molecule has 96 valence electrons. The molecular formula is C11H26N4O. The zero-order valence-electron chi connectivity index (χ0n) is 10.1. The zero-order valence-corrected chi connectivity index (χ0v) is 10.1. The average Bonchev–Trinajstić information content (AvgIpc) is 2.28. The maximum atomic E-state index is 11.2. The monoisotopic (exact) mass is 230 g/mol. The van der Waals surface area contributed by atoms with Crippen LogP contribution in [0.3, 0.4) is 0 Å². The maximum Gasteiger partial charge on any atom is 0.314 e. The van der Waals surface area contributed by atoms with E-state index in [9.17, 15) is 4.79 Å². The number of nitrogens with one attached hydrogen (secondary N) is 2. The van der Waals surface area contributed by atoms with Crippen molar-refractivity contribution in [3.8, 4) is 0 Å². The number of carbonyl (C=O) groups excluding carboxylic acids is 1. The second kappa shape index (κ2) is 12.3. The molecule has 6 N–H and O–H groups in total. The Balaban J connectivity index is 3.12. The second-order valence-electron chi connectivity index (χ2n) is 3.88. The van der Waals surface area contributed by atoms with Crippen molar-refractivity contribution in [3.63, 3.8) is 0 Å². The van der Waals surface area contributed by atoms with E-state index in [0.29, 0.717) is 0 Å². The quantitative estimate of drug-likeness (QED) is 0.413. The van der Waals surface area contributed by atoms with Crippen molar-refractivity contribution in [1.82, 2.24) is 10.6 Å². The number of hydrogen-bond donors (Lipinski definition) is 4. The lowest BCUT2D eigenvalue weighted by molar-refractivity contribution is 0.240. The predicted octanol–water partition coefficient (Wildman–Crippen LogP) is 0.544. The molecule has 5 nitrogen and oxygen atoms in total. The van der Waals surface area contributed by atoms with Gasteiger partial charge < -0.3 is 22.1 Å². The summed E-state index contributed by atoms with van der Waals surface area (Å²) in [5.41, 5.74) is 10.7. The second-order valence-corrected chi connectivity index (χ2v) is 3.88. The van der Waals surface area contributed by atoms with Crippen LogP contribution in [0, 0.1) is 0 Å². The van der Waals surface area contributed by atoms with Crippen molar-refractivity contribution < 1.29 is 4.79 Å². The van der Waals surface area contributed by atoms with Crippen molar-refractivity contribution in [2.45, 2.75) is 38.5 Å². The summed E-state index contributed by atoms with van der Waals surface area (Å²) in [6.07, 6.45) is 6.21. The van der Waals surface area contributed by atoms with Crippen LogP contribution in [0.2, 0.25) is 0 Å². The van der Waals surface area contributed by atoms with Gasteiger partial charge in [-0.05, 0) is 38.8 Å². The topological polar surface area (TPSA) is 93.2 Å². The Morgan fingerprint density at radius 2 is 1.19 bits per heavy atom. The van der Waals surface area contributed by atoms with E-state index in [0.717, 1.165) is 64.7 Å². The third-order valence-corrected chi connectivity index (χ3v) is 2.33. The van der Waals surface area contributed by atoms with Crippen LogP contribution < -0.4 is 22.1 Å². The van der Waals surface area contributed by atoms with Crippen molar-refractivity contribution in [2.24, 2.45) is 11.5 Å². The van der Waals surface area contributed by atoms with E-state index >= 15 is 0 Å². The van der Waals surface area contributed by atoms with Gasteiger partial charge in [0.25, 0.3) is 0 Å². The number of unbranched alkanes of at least 4 members (excludes halogenated alkanes) is 4. The van der Waals surface area contributed by atoms with Crippen LogP contribution in [-0.4, -0.2) is 32.2 Å². The molecule has 0 aliphatic heterocycles. The molecule has 16 heavy (non-hydrogen) atoms. The molecule has 0 aromatic heterocycles. The lowest BCUT2D eigenvalue weighted by atomic mass is 10.2. The van der Waals surface area contributed by atoms with Crippen molar-refractivity contribution in [2.75, 3.05) is 26.2 Å². The maximum absolute atomic E-state index is 11.2. The van der Waals surface area contributed by atoms with E-state index in [2.05, 4.69) is 10.6 Å². The largest absolute Gasteiger partial charge is 0.338 e. The van der Waals surface area contributed by atoms with Gasteiger partial charge in [-0.2, -0.15) is 0 Å². The molecule has 0 heterocycles. The number of carbonyl (C=O) groups is 1. The number of nitrogens with two attached hydrogens (primary N) is 2. The summed E-state index contributed by atoms with van der Waals surface area (Å²) >= 11 is 0. The van der Waals surface area contributed by atoms with Crippen LogP contribution in [0.5, 0.6) is 0 Å². The van der Waals surface area contributed by atoms with Gasteiger partial charge in [-0.15, -0.1) is 0 Å². The summed E-state index contributed by atoms with van der Waals surface area (Å²) in [5.74, 6) is 0. The van der Waals surface area contributed by atoms with Crippen LogP contribution in [0.25, 0.3) is 0 Å². The van der Waals surface area contributed by atoms with E-state index in [-0.39, 0.29) is 6.03 Å². The van der Waals surface area contributed by atoms with Gasteiger partial charge in [0.05, 0.1) is 0 Å². The molecule has 0 atom stereocenters. The molecule has 0 saturated heterocycles. The van der Waals surface area contributed by atoms with Gasteiger partial charge in [0.2, 0.25) is 0 Å². The van der Waals surface area contributed by atoms with Crippen LogP contribution in [0.15, 0.2) is 0 Å². The first-order chi connectivity index (χ1) is 7.81. The van der Waals surface area contributed by atoms with E-state index in [1.807, 2.05) is 0 Å². The molecule has 0 spiro atoms. The van der Waals surface area contributed by atoms with Gasteiger partial charge in [0.15, 0.2) is 0 Å². The van der Waals surface area contributed by atoms with Gasteiger partial charge in [-0.3, -0.25) is 0 Å².